The highest BCUT2D eigenvalue weighted by molar-refractivity contribution is 7.85. The van der Waals surface area contributed by atoms with E-state index in [-0.39, 0.29) is 0 Å². The molecule has 0 atom stereocenters. The first-order valence-corrected chi connectivity index (χ1v) is 7.97. The molecule has 4 nitrogen and oxygen atoms in total. The van der Waals surface area contributed by atoms with Crippen molar-refractivity contribution in [3.05, 3.63) is 30.5 Å². The predicted molar refractivity (Wildman–Crippen MR) is 80.7 cm³/mol. The minimum absolute atomic E-state index is 0.393. The van der Waals surface area contributed by atoms with Gasteiger partial charge in [0.2, 0.25) is 0 Å². The summed E-state index contributed by atoms with van der Waals surface area (Å²) >= 11 is 0. The van der Waals surface area contributed by atoms with Crippen LogP contribution in [0.25, 0.3) is 10.9 Å². The molecule has 3 N–H and O–H groups in total. The lowest BCUT2D eigenvalue weighted by Gasteiger charge is -2.24. The number of rotatable bonds is 2. The van der Waals surface area contributed by atoms with E-state index in [1.165, 1.54) is 0 Å². The Kier molecular flexibility index (Phi) is 3.38. The van der Waals surface area contributed by atoms with Crippen molar-refractivity contribution in [2.45, 2.75) is 18.9 Å². The smallest absolute Gasteiger partial charge is 0.0951 e. The molecule has 1 aromatic carbocycles. The number of benzene rings is 1. The van der Waals surface area contributed by atoms with Gasteiger partial charge in [-0.25, -0.2) is 0 Å². The van der Waals surface area contributed by atoms with E-state index in [1.54, 1.807) is 6.20 Å². The number of para-hydroxylation sites is 1. The van der Waals surface area contributed by atoms with Crippen LogP contribution in [-0.2, 0) is 10.8 Å². The van der Waals surface area contributed by atoms with E-state index in [0.29, 0.717) is 11.7 Å². The summed E-state index contributed by atoms with van der Waals surface area (Å²) in [4.78, 5) is 4.33. The van der Waals surface area contributed by atoms with Crippen molar-refractivity contribution < 1.29 is 4.21 Å². The summed E-state index contributed by atoms with van der Waals surface area (Å²) in [6, 6.07) is 8.21. The molecule has 1 aromatic heterocycles. The van der Waals surface area contributed by atoms with Gasteiger partial charge in [0, 0.05) is 45.6 Å². The largest absolute Gasteiger partial charge is 0.397 e. The van der Waals surface area contributed by atoms with Gasteiger partial charge in [0.1, 0.15) is 0 Å². The van der Waals surface area contributed by atoms with E-state index in [4.69, 9.17) is 5.73 Å². The highest BCUT2D eigenvalue weighted by Crippen LogP contribution is 2.27. The molecule has 1 aliphatic rings. The molecule has 0 amide bonds. The standard InChI is InChI=1S/C14H17N3OS/c15-12-3-1-2-11-13(4-7-16-14(11)12)17-10-5-8-19(18)9-6-10/h1-4,7,10H,5-6,8-9,15H2,(H,16,17). The van der Waals surface area contributed by atoms with Gasteiger partial charge >= 0.3 is 0 Å². The van der Waals surface area contributed by atoms with Gasteiger partial charge in [-0.1, -0.05) is 12.1 Å². The maximum absolute atomic E-state index is 11.4. The second-order valence-corrected chi connectivity index (χ2v) is 6.56. The summed E-state index contributed by atoms with van der Waals surface area (Å²) in [6.45, 7) is 0. The number of nitrogens with zero attached hydrogens (tertiary/aromatic N) is 1. The molecule has 0 spiro atoms. The molecular weight excluding hydrogens is 258 g/mol. The van der Waals surface area contributed by atoms with E-state index in [9.17, 15) is 4.21 Å². The maximum Gasteiger partial charge on any atom is 0.0951 e. The zero-order valence-electron chi connectivity index (χ0n) is 10.6. The number of nitrogens with two attached hydrogens (primary N) is 1. The van der Waals surface area contributed by atoms with Crippen molar-refractivity contribution in [3.8, 4) is 0 Å². The molecule has 1 saturated heterocycles. The molecule has 100 valence electrons. The van der Waals surface area contributed by atoms with Gasteiger partial charge in [-0.3, -0.25) is 9.19 Å². The van der Waals surface area contributed by atoms with Crippen LogP contribution in [0.4, 0.5) is 11.4 Å². The third-order valence-electron chi connectivity index (χ3n) is 3.55. The number of pyridine rings is 1. The van der Waals surface area contributed by atoms with Crippen molar-refractivity contribution in [3.63, 3.8) is 0 Å². The average Bonchev–Trinajstić information content (AvgIpc) is 2.43. The van der Waals surface area contributed by atoms with Crippen LogP contribution in [0.1, 0.15) is 12.8 Å². The van der Waals surface area contributed by atoms with Gasteiger partial charge < -0.3 is 11.1 Å². The molecule has 1 aliphatic heterocycles. The summed E-state index contributed by atoms with van der Waals surface area (Å²) in [5.41, 5.74) is 8.55. The van der Waals surface area contributed by atoms with Crippen LogP contribution in [0.2, 0.25) is 0 Å². The first kappa shape index (κ1) is 12.4. The molecule has 0 radical (unpaired) electrons. The Hall–Kier alpha value is -1.62. The van der Waals surface area contributed by atoms with Crippen LogP contribution in [0.15, 0.2) is 30.5 Å². The van der Waals surface area contributed by atoms with Crippen LogP contribution < -0.4 is 11.1 Å². The maximum atomic E-state index is 11.4. The lowest BCUT2D eigenvalue weighted by molar-refractivity contribution is 0.624. The Morgan fingerprint density at radius 3 is 2.84 bits per heavy atom. The summed E-state index contributed by atoms with van der Waals surface area (Å²) in [5.74, 6) is 1.59. The number of aromatic nitrogens is 1. The van der Waals surface area contributed by atoms with Gasteiger partial charge in [-0.15, -0.1) is 0 Å². The summed E-state index contributed by atoms with van der Waals surface area (Å²) in [5, 5.41) is 4.59. The Labute approximate surface area is 114 Å². The molecule has 0 bridgehead atoms. The van der Waals surface area contributed by atoms with E-state index >= 15 is 0 Å². The van der Waals surface area contributed by atoms with Crippen LogP contribution in [-0.4, -0.2) is 26.7 Å². The highest BCUT2D eigenvalue weighted by atomic mass is 32.2. The fourth-order valence-corrected chi connectivity index (χ4v) is 3.78. The number of hydrogen-bond donors (Lipinski definition) is 2. The fraction of sp³-hybridized carbons (Fsp3) is 0.357. The summed E-state index contributed by atoms with van der Waals surface area (Å²) in [6.07, 6.45) is 3.69. The Morgan fingerprint density at radius 1 is 1.26 bits per heavy atom. The lowest BCUT2D eigenvalue weighted by atomic mass is 10.1. The molecule has 3 rings (SSSR count). The van der Waals surface area contributed by atoms with Crippen molar-refractivity contribution in [1.82, 2.24) is 4.98 Å². The predicted octanol–water partition coefficient (Wildman–Crippen LogP) is 2.14. The first-order valence-electron chi connectivity index (χ1n) is 6.49. The fourth-order valence-electron chi connectivity index (χ4n) is 2.48. The normalized spacial score (nSPS) is 23.4. The average molecular weight is 275 g/mol. The van der Waals surface area contributed by atoms with E-state index < -0.39 is 10.8 Å². The molecular formula is C14H17N3OS. The van der Waals surface area contributed by atoms with Crippen molar-refractivity contribution in [2.24, 2.45) is 0 Å². The van der Waals surface area contributed by atoms with E-state index in [1.807, 2.05) is 24.3 Å². The number of fused-ring (bicyclic) bond motifs is 1. The monoisotopic (exact) mass is 275 g/mol. The topological polar surface area (TPSA) is 68.0 Å². The minimum Gasteiger partial charge on any atom is -0.397 e. The van der Waals surface area contributed by atoms with Gasteiger partial charge in [-0.2, -0.15) is 0 Å². The lowest BCUT2D eigenvalue weighted by Crippen LogP contribution is -2.29. The third-order valence-corrected chi connectivity index (χ3v) is 4.93. The van der Waals surface area contributed by atoms with Crippen LogP contribution >= 0.6 is 0 Å². The highest BCUT2D eigenvalue weighted by Gasteiger charge is 2.18. The SMILES string of the molecule is Nc1cccc2c(NC3CCS(=O)CC3)ccnc12. The summed E-state index contributed by atoms with van der Waals surface area (Å²) in [7, 11) is -0.622. The Morgan fingerprint density at radius 2 is 2.05 bits per heavy atom. The molecule has 5 heteroatoms. The number of nitrogen functional groups attached to an aromatic ring is 1. The van der Waals surface area contributed by atoms with E-state index in [2.05, 4.69) is 10.3 Å². The number of nitrogens with one attached hydrogen (secondary N) is 1. The molecule has 2 aromatic rings. The van der Waals surface area contributed by atoms with Gasteiger partial charge in [0.25, 0.3) is 0 Å². The third kappa shape index (κ3) is 2.56. The van der Waals surface area contributed by atoms with Crippen LogP contribution in [0, 0.1) is 0 Å². The molecule has 2 heterocycles. The Bertz CT molecular complexity index is 619. The molecule has 19 heavy (non-hydrogen) atoms. The second kappa shape index (κ2) is 5.17. The second-order valence-electron chi connectivity index (χ2n) is 4.87. The Balaban J connectivity index is 1.89. The zero-order valence-corrected chi connectivity index (χ0v) is 11.5. The van der Waals surface area contributed by atoms with Crippen molar-refractivity contribution >= 4 is 33.1 Å². The quantitative estimate of drug-likeness (QED) is 0.824. The summed E-state index contributed by atoms with van der Waals surface area (Å²) < 4.78 is 11.4. The van der Waals surface area contributed by atoms with Gasteiger partial charge in [0.05, 0.1) is 11.2 Å². The van der Waals surface area contributed by atoms with Gasteiger partial charge in [0.15, 0.2) is 0 Å². The first-order chi connectivity index (χ1) is 9.24. The zero-order chi connectivity index (χ0) is 13.2. The van der Waals surface area contributed by atoms with Gasteiger partial charge in [-0.05, 0) is 25.0 Å². The van der Waals surface area contributed by atoms with Crippen LogP contribution in [0.5, 0.6) is 0 Å². The molecule has 1 fully saturated rings. The minimum atomic E-state index is -0.622. The van der Waals surface area contributed by atoms with Crippen molar-refractivity contribution in [1.29, 1.82) is 0 Å². The molecule has 0 unspecified atom stereocenters. The van der Waals surface area contributed by atoms with Crippen molar-refractivity contribution in [2.75, 3.05) is 22.6 Å². The number of anilines is 2. The number of hydrogen-bond acceptors (Lipinski definition) is 4. The van der Waals surface area contributed by atoms with E-state index in [0.717, 1.165) is 40.9 Å². The molecule has 0 saturated carbocycles. The molecule has 0 aliphatic carbocycles. The van der Waals surface area contributed by atoms with Crippen LogP contribution in [0.3, 0.4) is 0 Å².